The number of nitrogen functional groups attached to an aromatic ring is 1. The van der Waals surface area contributed by atoms with E-state index in [4.69, 9.17) is 14.8 Å². The van der Waals surface area contributed by atoms with Crippen molar-refractivity contribution in [2.75, 3.05) is 21.7 Å². The minimum absolute atomic E-state index is 0.0947. The largest absolute Gasteiger partial charge is 0.397 e. The van der Waals surface area contributed by atoms with Gasteiger partial charge in [0.1, 0.15) is 17.6 Å². The molecule has 8 N–H and O–H groups in total. The van der Waals surface area contributed by atoms with Crippen molar-refractivity contribution < 1.29 is 28.8 Å². The Morgan fingerprint density at radius 3 is 1.84 bits per heavy atom. The molecule has 3 fully saturated rings. The molecule has 260 valence electrons. The number of amides is 2. The Morgan fingerprint density at radius 1 is 0.816 bits per heavy atom. The summed E-state index contributed by atoms with van der Waals surface area (Å²) in [5.41, 5.74) is 14.6. The van der Waals surface area contributed by atoms with Gasteiger partial charge in [0.25, 0.3) is 0 Å². The number of hydrogen-bond acceptors (Lipinski definition) is 11. The predicted octanol–water partition coefficient (Wildman–Crippen LogP) is 4.98. The lowest BCUT2D eigenvalue weighted by molar-refractivity contribution is -0.128. The molecule has 0 spiro atoms. The molecule has 4 aromatic rings. The topological polar surface area (TPSA) is 201 Å². The molecule has 1 aliphatic heterocycles. The lowest BCUT2D eigenvalue weighted by Gasteiger charge is -2.33. The van der Waals surface area contributed by atoms with Crippen LogP contribution in [0, 0.1) is 27.7 Å². The van der Waals surface area contributed by atoms with Crippen molar-refractivity contribution in [1.29, 1.82) is 0 Å². The van der Waals surface area contributed by atoms with E-state index in [1.807, 2.05) is 64.1 Å². The van der Waals surface area contributed by atoms with Gasteiger partial charge in [-0.05, 0) is 102 Å². The van der Waals surface area contributed by atoms with Gasteiger partial charge in [0.15, 0.2) is 0 Å². The minimum Gasteiger partial charge on any atom is -0.397 e. The lowest BCUT2D eigenvalue weighted by atomic mass is 9.89. The molecule has 1 atom stereocenters. The number of nitrogens with zero attached hydrogens (tertiary/aromatic N) is 2. The number of aliphatic hydroxyl groups is 2. The fraction of sp³-hybridized carbons (Fsp3) is 0.444. The van der Waals surface area contributed by atoms with E-state index >= 15 is 0 Å². The van der Waals surface area contributed by atoms with Crippen LogP contribution in [-0.2, 0) is 9.59 Å². The first-order valence-corrected chi connectivity index (χ1v) is 16.8. The Hall–Kier alpha value is -4.88. The third-order valence-electron chi connectivity index (χ3n) is 9.47. The molecule has 2 aliphatic carbocycles. The average molecular weight is 672 g/mol. The molecule has 1 unspecified atom stereocenters. The van der Waals surface area contributed by atoms with E-state index in [0.29, 0.717) is 55.3 Å². The molecule has 13 nitrogen and oxygen atoms in total. The van der Waals surface area contributed by atoms with E-state index in [1.54, 1.807) is 0 Å². The number of aromatic nitrogens is 2. The fourth-order valence-electron chi connectivity index (χ4n) is 6.64. The number of carbonyl (C=O) groups excluding carboxylic acids is 2. The summed E-state index contributed by atoms with van der Waals surface area (Å²) in [5, 5.41) is 39.3. The third-order valence-corrected chi connectivity index (χ3v) is 9.47. The van der Waals surface area contributed by atoms with Gasteiger partial charge in [-0.3, -0.25) is 9.59 Å². The number of nitrogens with one attached hydrogen (secondary N) is 4. The fourth-order valence-corrected chi connectivity index (χ4v) is 6.64. The summed E-state index contributed by atoms with van der Waals surface area (Å²) in [7, 11) is 0. The van der Waals surface area contributed by atoms with E-state index in [0.717, 1.165) is 63.6 Å². The zero-order valence-electron chi connectivity index (χ0n) is 28.3. The molecule has 2 amide bonds. The quantitative estimate of drug-likeness (QED) is 0.125. The van der Waals surface area contributed by atoms with Crippen LogP contribution >= 0.6 is 0 Å². The summed E-state index contributed by atoms with van der Waals surface area (Å²) in [6.45, 7) is 7.55. The highest BCUT2D eigenvalue weighted by molar-refractivity contribution is 6.00. The molecule has 7 rings (SSSR count). The van der Waals surface area contributed by atoms with Gasteiger partial charge in [-0.15, -0.1) is 0 Å². The van der Waals surface area contributed by atoms with Crippen LogP contribution in [0.5, 0.6) is 0 Å². The number of carbonyl (C=O) groups is 2. The SMILES string of the molecule is Cc1noc(C)c1-c1ccc(NC2CC(O)C2)c(N)c1.Cc1noc(C)c1-c1ccc(NC2CC(O)C2)c(NC(=O)C2CCCC(=O)N2)c1. The van der Waals surface area contributed by atoms with Gasteiger partial charge in [-0.25, -0.2) is 0 Å². The van der Waals surface area contributed by atoms with Crippen LogP contribution in [-0.4, -0.2) is 62.7 Å². The van der Waals surface area contributed by atoms with E-state index in [-0.39, 0.29) is 30.1 Å². The van der Waals surface area contributed by atoms with Crippen LogP contribution in [0.25, 0.3) is 22.3 Å². The highest BCUT2D eigenvalue weighted by Gasteiger charge is 2.30. The van der Waals surface area contributed by atoms with E-state index in [9.17, 15) is 19.8 Å². The number of benzene rings is 2. The second kappa shape index (κ2) is 14.3. The monoisotopic (exact) mass is 671 g/mol. The molecule has 2 saturated carbocycles. The van der Waals surface area contributed by atoms with Crippen molar-refractivity contribution in [3.8, 4) is 22.3 Å². The molecule has 0 bridgehead atoms. The number of hydrogen-bond donors (Lipinski definition) is 7. The summed E-state index contributed by atoms with van der Waals surface area (Å²) < 4.78 is 10.5. The number of piperidine rings is 1. The first-order chi connectivity index (χ1) is 23.4. The molecular weight excluding hydrogens is 626 g/mol. The van der Waals surface area contributed by atoms with Crippen molar-refractivity contribution in [1.82, 2.24) is 15.6 Å². The van der Waals surface area contributed by atoms with Crippen molar-refractivity contribution >= 4 is 34.6 Å². The Balaban J connectivity index is 0.000000182. The molecule has 1 saturated heterocycles. The maximum Gasteiger partial charge on any atom is 0.247 e. The van der Waals surface area contributed by atoms with Gasteiger partial charge in [0.05, 0.1) is 46.3 Å². The minimum atomic E-state index is -0.530. The Morgan fingerprint density at radius 2 is 1.35 bits per heavy atom. The molecular formula is C36H45N7O6. The van der Waals surface area contributed by atoms with Gasteiger partial charge in [0, 0.05) is 29.6 Å². The number of rotatable bonds is 8. The summed E-state index contributed by atoms with van der Waals surface area (Å²) >= 11 is 0. The van der Waals surface area contributed by atoms with Gasteiger partial charge < -0.3 is 46.3 Å². The smallest absolute Gasteiger partial charge is 0.247 e. The third kappa shape index (κ3) is 7.73. The second-order valence-corrected chi connectivity index (χ2v) is 13.4. The number of anilines is 4. The van der Waals surface area contributed by atoms with Crippen molar-refractivity contribution in [3.05, 3.63) is 59.3 Å². The van der Waals surface area contributed by atoms with E-state index < -0.39 is 6.04 Å². The summed E-state index contributed by atoms with van der Waals surface area (Å²) in [6.07, 6.45) is 4.26. The first-order valence-electron chi connectivity index (χ1n) is 16.8. The first kappa shape index (κ1) is 34.0. The van der Waals surface area contributed by atoms with Gasteiger partial charge in [-0.1, -0.05) is 22.4 Å². The maximum atomic E-state index is 12.8. The van der Waals surface area contributed by atoms with Crippen molar-refractivity contribution in [2.24, 2.45) is 0 Å². The van der Waals surface area contributed by atoms with Gasteiger partial charge in [-0.2, -0.15) is 0 Å². The zero-order chi connectivity index (χ0) is 34.8. The summed E-state index contributed by atoms with van der Waals surface area (Å²) in [4.78, 5) is 24.5. The molecule has 3 heterocycles. The summed E-state index contributed by atoms with van der Waals surface area (Å²) in [5.74, 6) is 1.18. The van der Waals surface area contributed by atoms with Crippen LogP contribution in [0.1, 0.15) is 67.9 Å². The highest BCUT2D eigenvalue weighted by atomic mass is 16.5. The standard InChI is InChI=1S/C21H26N4O4.C15H19N3O2/c1-11-20(12(2)29-25-11)13-6-7-16(22-14-9-15(26)10-14)18(8-13)24-21(28)17-4-3-5-19(27)23-17;1-8-15(9(2)20-18-8)10-3-4-14(13(16)5-10)17-11-6-12(19)7-11/h6-8,14-15,17,22,26H,3-5,9-10H2,1-2H3,(H,23,27)(H,24,28);3-5,11-12,17,19H,6-7,16H2,1-2H3. The van der Waals surface area contributed by atoms with Gasteiger partial charge in [0.2, 0.25) is 11.8 Å². The average Bonchev–Trinajstić information content (AvgIpc) is 3.56. The number of nitrogens with two attached hydrogens (primary N) is 1. The number of aryl methyl sites for hydroxylation is 4. The Bertz CT molecular complexity index is 1780. The zero-order valence-corrected chi connectivity index (χ0v) is 28.3. The van der Waals surface area contributed by atoms with Crippen LogP contribution in [0.2, 0.25) is 0 Å². The molecule has 0 radical (unpaired) electrons. The normalized spacial score (nSPS) is 22.9. The molecule has 2 aromatic carbocycles. The molecule has 13 heteroatoms. The molecule has 2 aromatic heterocycles. The highest BCUT2D eigenvalue weighted by Crippen LogP contribution is 2.36. The Labute approximate surface area is 285 Å². The van der Waals surface area contributed by atoms with E-state index in [1.165, 1.54) is 0 Å². The molecule has 49 heavy (non-hydrogen) atoms. The van der Waals surface area contributed by atoms with Crippen molar-refractivity contribution in [3.63, 3.8) is 0 Å². The van der Waals surface area contributed by atoms with E-state index in [2.05, 4.69) is 31.6 Å². The summed E-state index contributed by atoms with van der Waals surface area (Å²) in [6, 6.07) is 11.6. The van der Waals surface area contributed by atoms with Crippen LogP contribution in [0.15, 0.2) is 45.4 Å². The van der Waals surface area contributed by atoms with Gasteiger partial charge >= 0.3 is 0 Å². The Kier molecular flexibility index (Phi) is 9.93. The van der Waals surface area contributed by atoms with Crippen molar-refractivity contribution in [2.45, 2.75) is 103 Å². The van der Waals surface area contributed by atoms with Crippen LogP contribution in [0.4, 0.5) is 22.7 Å². The van der Waals surface area contributed by atoms with Crippen LogP contribution in [0.3, 0.4) is 0 Å². The number of aliphatic hydroxyl groups excluding tert-OH is 2. The second-order valence-electron chi connectivity index (χ2n) is 13.4. The molecule has 3 aliphatic rings. The van der Waals surface area contributed by atoms with Crippen LogP contribution < -0.4 is 27.0 Å². The maximum absolute atomic E-state index is 12.8. The predicted molar refractivity (Wildman–Crippen MR) is 187 cm³/mol. The lowest BCUT2D eigenvalue weighted by Crippen LogP contribution is -2.46.